The van der Waals surface area contributed by atoms with Crippen LogP contribution in [0.2, 0.25) is 0 Å². The fourth-order valence-corrected chi connectivity index (χ4v) is 9.63. The average Bonchev–Trinajstić information content (AvgIpc) is 0.881. The number of para-hydroxylation sites is 6. The van der Waals surface area contributed by atoms with Crippen molar-refractivity contribution < 1.29 is 74.0 Å². The summed E-state index contributed by atoms with van der Waals surface area (Å²) in [5.41, 5.74) is 27.1. The van der Waals surface area contributed by atoms with Crippen molar-refractivity contribution in [3.05, 3.63) is 281 Å². The Hall–Kier alpha value is -17.0. The van der Waals surface area contributed by atoms with Gasteiger partial charge in [0.15, 0.2) is 22.8 Å². The number of amidine groups is 1. The summed E-state index contributed by atoms with van der Waals surface area (Å²) >= 11 is 9.62. The normalized spacial score (nSPS) is 8.88. The van der Waals surface area contributed by atoms with Crippen LogP contribution in [0.25, 0.3) is 65.8 Å². The van der Waals surface area contributed by atoms with E-state index in [2.05, 4.69) is 111 Å². The highest BCUT2D eigenvalue weighted by Crippen LogP contribution is 2.14. The van der Waals surface area contributed by atoms with Gasteiger partial charge in [0.2, 0.25) is 5.91 Å². The summed E-state index contributed by atoms with van der Waals surface area (Å²) in [7, 11) is 16.6. The van der Waals surface area contributed by atoms with E-state index in [1.807, 2.05) is 116 Å². The van der Waals surface area contributed by atoms with Crippen LogP contribution in [0.15, 0.2) is 284 Å². The molecule has 784 valence electrons. The lowest BCUT2D eigenvalue weighted by Gasteiger charge is -2.16. The van der Waals surface area contributed by atoms with Gasteiger partial charge >= 0.3 is 33.8 Å². The molecule has 0 spiro atoms. The number of amides is 1. The highest BCUT2D eigenvalue weighted by atomic mass is 32.1. The third-order valence-electron chi connectivity index (χ3n) is 16.5. The van der Waals surface area contributed by atoms with Crippen molar-refractivity contribution in [2.24, 2.45) is 38.7 Å². The summed E-state index contributed by atoms with van der Waals surface area (Å²) < 4.78 is 62.1. The van der Waals surface area contributed by atoms with Crippen molar-refractivity contribution in [1.29, 1.82) is 37.0 Å². The van der Waals surface area contributed by atoms with E-state index in [4.69, 9.17) is 126 Å². The van der Waals surface area contributed by atoms with E-state index in [0.29, 0.717) is 64.4 Å². The molecule has 14 N–H and O–H groups in total. The topological polar surface area (TPSA) is 656 Å². The number of carbonyl (C=O) groups is 2. The minimum atomic E-state index is -0.302. The van der Waals surface area contributed by atoms with Gasteiger partial charge in [-0.05, 0) is 151 Å². The van der Waals surface area contributed by atoms with Crippen molar-refractivity contribution >= 4 is 130 Å². The Morgan fingerprint density at radius 2 is 0.628 bits per heavy atom. The number of nitrogens with zero attached hydrogens (tertiary/aromatic N) is 11. The molecule has 6 heterocycles. The minimum absolute atomic E-state index is 0.0415. The van der Waals surface area contributed by atoms with Crippen LogP contribution in [0.3, 0.4) is 0 Å². The number of nitriles is 6. The van der Waals surface area contributed by atoms with E-state index in [9.17, 15) is 38.4 Å². The van der Waals surface area contributed by atoms with Crippen molar-refractivity contribution in [2.75, 3.05) is 150 Å². The van der Waals surface area contributed by atoms with Crippen LogP contribution in [0.4, 0.5) is 0 Å². The van der Waals surface area contributed by atoms with E-state index in [1.165, 1.54) is 131 Å². The third kappa shape index (κ3) is 82.6. The molecular weight excluding hydrogens is 1910 g/mol. The number of ketones is 1. The second-order valence-corrected chi connectivity index (χ2v) is 27.6. The van der Waals surface area contributed by atoms with Gasteiger partial charge in [-0.15, -0.1) is 0 Å². The second kappa shape index (κ2) is 97.3. The van der Waals surface area contributed by atoms with Gasteiger partial charge in [-0.25, -0.2) is 33.8 Å². The zero-order chi connectivity index (χ0) is 111. The lowest BCUT2D eigenvalue weighted by Crippen LogP contribution is -2.31. The van der Waals surface area contributed by atoms with Crippen LogP contribution >= 0.6 is 24.4 Å². The van der Waals surface area contributed by atoms with Gasteiger partial charge in [0.05, 0.1) is 73.9 Å². The summed E-state index contributed by atoms with van der Waals surface area (Å²) in [5.74, 6) is 0.355. The number of ether oxygens (including phenoxy) is 8. The SMILES string of the molecule is CC(=O)CN=C(N)N.CCN(CC)CCC(=O)NC.CCN(CC)CNC.CCN(CC)COC.CNC(=S)CCCC(=N)N.COC#N.COC#N.COC#N.COC#N.COC#N.COC#N.COC(=S)CCN=C(N)N.O=c1ccc2ccccc2o1.O=c1ccc2ccccc2o1.O=c1ccc2ccccc2o1.O=c1ccc2ccccc2o1.O=c1ccc2ccccc2o1.O=c1ccc2ccccc2o1. The maximum absolute atomic E-state index is 10.8. The first-order valence-corrected chi connectivity index (χ1v) is 44.5. The Morgan fingerprint density at radius 3 is 0.800 bits per heavy atom. The molecule has 42 nitrogen and oxygen atoms in total. The second-order valence-electron chi connectivity index (χ2n) is 26.6. The van der Waals surface area contributed by atoms with Crippen molar-refractivity contribution in [1.82, 2.24) is 30.7 Å². The summed E-state index contributed by atoms with van der Waals surface area (Å²) in [6, 6.07) is 63.5. The third-order valence-corrected chi connectivity index (χ3v) is 17.3. The van der Waals surface area contributed by atoms with Gasteiger partial charge in [0, 0.05) is 122 Å². The predicted molar refractivity (Wildman–Crippen MR) is 572 cm³/mol. The first-order valence-electron chi connectivity index (χ1n) is 43.7. The van der Waals surface area contributed by atoms with Crippen molar-refractivity contribution in [3.8, 4) is 37.5 Å². The van der Waals surface area contributed by atoms with E-state index in [1.54, 1.807) is 94.0 Å². The molecule has 0 saturated carbocycles. The van der Waals surface area contributed by atoms with Crippen LogP contribution in [0.5, 0.6) is 0 Å². The van der Waals surface area contributed by atoms with Crippen LogP contribution < -0.4 is 78.4 Å². The molecule has 0 aliphatic carbocycles. The number of nitrogens with one attached hydrogen (secondary N) is 4. The number of benzene rings is 6. The molecule has 12 aromatic rings. The van der Waals surface area contributed by atoms with E-state index in [0.717, 1.165) is 109 Å². The number of carbonyl (C=O) groups excluding carboxylic acids is 2. The number of methoxy groups -OCH3 is 8. The number of hydrogen-bond donors (Lipinski definition) is 9. The average molecular weight is 2050 g/mol. The number of rotatable bonds is 22. The Balaban J connectivity index is -0.000000357. The Kier molecular flexibility index (Phi) is 93.1. The maximum atomic E-state index is 10.8. The monoisotopic (exact) mass is 2040 g/mol. The summed E-state index contributed by atoms with van der Waals surface area (Å²) in [5, 5.41) is 66.1. The Morgan fingerprint density at radius 1 is 0.372 bits per heavy atom. The number of aliphatic imine (C=N–C) groups is 2. The van der Waals surface area contributed by atoms with Gasteiger partial charge in [0.1, 0.15) is 40.0 Å². The Labute approximate surface area is 854 Å². The van der Waals surface area contributed by atoms with Gasteiger partial charge in [-0.2, -0.15) is 31.6 Å². The van der Waals surface area contributed by atoms with E-state index >= 15 is 0 Å². The summed E-state index contributed by atoms with van der Waals surface area (Å²) in [4.78, 5) is 100.0. The number of hydrogen-bond acceptors (Lipinski definition) is 37. The molecule has 0 bridgehead atoms. The van der Waals surface area contributed by atoms with Crippen LogP contribution in [-0.4, -0.2) is 205 Å². The van der Waals surface area contributed by atoms with Crippen molar-refractivity contribution in [3.63, 3.8) is 0 Å². The molecule has 0 fully saturated rings. The molecule has 145 heavy (non-hydrogen) atoms. The number of Topliss-reactive ketones (excluding diaryl/α,β-unsaturated/α-hetero) is 1. The number of thiocarbonyl (C=S) groups is 2. The zero-order valence-corrected chi connectivity index (χ0v) is 86.8. The largest absolute Gasteiger partial charge is 0.490 e. The molecule has 0 radical (unpaired) electrons. The molecule has 44 heteroatoms. The fourth-order valence-electron chi connectivity index (χ4n) is 9.40. The first-order chi connectivity index (χ1) is 69.5. The van der Waals surface area contributed by atoms with E-state index in [-0.39, 0.29) is 69.7 Å². The van der Waals surface area contributed by atoms with Gasteiger partial charge < -0.3 is 114 Å². The lowest BCUT2D eigenvalue weighted by atomic mass is 10.2. The molecule has 0 unspecified atom stereocenters. The summed E-state index contributed by atoms with van der Waals surface area (Å²) in [6.07, 6.45) is 12.1. The highest BCUT2D eigenvalue weighted by molar-refractivity contribution is 7.80. The smallest absolute Gasteiger partial charge is 0.336 e. The van der Waals surface area contributed by atoms with Gasteiger partial charge in [-0.1, -0.05) is 163 Å². The quantitative estimate of drug-likeness (QED) is 0.00760. The number of nitrogens with two attached hydrogens (primary N) is 5. The molecule has 0 aliphatic rings. The fraction of sp³-hybridized carbons (Fsp3) is 0.337. The molecule has 6 aromatic heterocycles. The molecule has 1 amide bonds. The first kappa shape index (κ1) is 139. The molecular formula is C101H136N20O22S2. The van der Waals surface area contributed by atoms with E-state index < -0.39 is 0 Å². The summed E-state index contributed by atoms with van der Waals surface area (Å²) in [6.45, 7) is 23.9. The van der Waals surface area contributed by atoms with Gasteiger partial charge in [0.25, 0.3) is 37.5 Å². The molecule has 12 rings (SSSR count). The van der Waals surface area contributed by atoms with Gasteiger partial charge in [-0.3, -0.25) is 29.8 Å². The molecule has 0 saturated heterocycles. The standard InChI is InChI=1S/6C9H6O2.C8H18N2O.C6H13N3S.C6H16N2.C6H15NO.C5H11N3OS.C4H9N3O.6C2H3NO/c6*10-9-6-5-7-3-1-2-4-8(7)11-9;1-4-10(5-2)7-6-8(11)9-3;1-9-6(10)4-2-3-5(7)8;1-4-8(5-2)6-7-3;1-4-7(5-2)6-8-3;1-9-4(10)2-3-8-5(6)7;1-3(8)2-7-4(5)6;6*1-4-2-3/h6*1-6H;4-7H2,1-3H3,(H,9,11);2-4H2,1H3,(H3,7,8)(H,9,10);7H,4-6H2,1-3H3;4-6H2,1-3H3;2-3H2,1H3,(H4,6,7,8);2H2,1H3,(H4,5,6,7);6*1H3. The van der Waals surface area contributed by atoms with Crippen molar-refractivity contribution in [2.45, 2.75) is 80.6 Å². The maximum Gasteiger partial charge on any atom is 0.336 e. The van der Waals surface area contributed by atoms with Crippen LogP contribution in [0, 0.1) is 74.5 Å². The molecule has 0 atom stereocenters. The number of guanidine groups is 2. The van der Waals surface area contributed by atoms with Crippen LogP contribution in [0.1, 0.15) is 80.6 Å². The Bertz CT molecular complexity index is 5430. The highest BCUT2D eigenvalue weighted by Gasteiger charge is 2.04. The number of fused-ring (bicyclic) bond motifs is 6. The lowest BCUT2D eigenvalue weighted by molar-refractivity contribution is -0.121. The minimum Gasteiger partial charge on any atom is -0.490 e. The predicted octanol–water partition coefficient (Wildman–Crippen LogP) is 12.5. The molecule has 0 aliphatic heterocycles. The molecule has 6 aromatic carbocycles. The zero-order valence-electron chi connectivity index (χ0n) is 85.2. The van der Waals surface area contributed by atoms with Crippen LogP contribution in [-0.2, 0) is 47.5 Å².